The summed E-state index contributed by atoms with van der Waals surface area (Å²) < 4.78 is 5.05. The second-order valence-electron chi connectivity index (χ2n) is 5.15. The standard InChI is InChI=1S/C18H20N2O3S/c1-3-5-13-6-8-14(9-7-13)16(21)11-23-17(22)15-12-24-18(20-15)19-10-4-2/h4,6-9,12H,2-3,5,10-11H2,1H3,(H,19,20). The number of carbonyl (C=O) groups is 2. The number of benzene rings is 1. The fourth-order valence-corrected chi connectivity index (χ4v) is 2.73. The molecule has 0 unspecified atom stereocenters. The van der Waals surface area contributed by atoms with E-state index < -0.39 is 5.97 Å². The number of ketones is 1. The maximum atomic E-state index is 12.1. The molecule has 24 heavy (non-hydrogen) atoms. The molecule has 1 aromatic carbocycles. The van der Waals surface area contributed by atoms with Gasteiger partial charge in [-0.05, 0) is 12.0 Å². The summed E-state index contributed by atoms with van der Waals surface area (Å²) in [4.78, 5) is 28.1. The lowest BCUT2D eigenvalue weighted by Gasteiger charge is -2.04. The highest BCUT2D eigenvalue weighted by Crippen LogP contribution is 2.16. The minimum absolute atomic E-state index is 0.192. The normalized spacial score (nSPS) is 10.2. The summed E-state index contributed by atoms with van der Waals surface area (Å²) in [6.45, 7) is 5.97. The minimum Gasteiger partial charge on any atom is -0.453 e. The number of aryl methyl sites for hydroxylation is 1. The molecule has 2 aromatic rings. The largest absolute Gasteiger partial charge is 0.453 e. The fraction of sp³-hybridized carbons (Fsp3) is 0.278. The first-order valence-corrected chi connectivity index (χ1v) is 8.61. The zero-order valence-electron chi connectivity index (χ0n) is 13.6. The summed E-state index contributed by atoms with van der Waals surface area (Å²) in [5.74, 6) is -0.833. The van der Waals surface area contributed by atoms with E-state index >= 15 is 0 Å². The maximum Gasteiger partial charge on any atom is 0.358 e. The van der Waals surface area contributed by atoms with Crippen LogP contribution in [0.25, 0.3) is 0 Å². The Balaban J connectivity index is 1.87. The molecule has 0 atom stereocenters. The second kappa shape index (κ2) is 8.98. The number of anilines is 1. The first-order valence-electron chi connectivity index (χ1n) is 7.73. The van der Waals surface area contributed by atoms with Gasteiger partial charge in [0.1, 0.15) is 0 Å². The third-order valence-corrected chi connectivity index (χ3v) is 4.06. The third kappa shape index (κ3) is 5.03. The highest BCUT2D eigenvalue weighted by Gasteiger charge is 2.15. The van der Waals surface area contributed by atoms with Crippen LogP contribution in [0.1, 0.15) is 39.8 Å². The molecule has 0 fully saturated rings. The summed E-state index contributed by atoms with van der Waals surface area (Å²) >= 11 is 1.30. The van der Waals surface area contributed by atoms with Crippen molar-refractivity contribution in [2.75, 3.05) is 18.5 Å². The summed E-state index contributed by atoms with van der Waals surface area (Å²) in [6.07, 6.45) is 3.74. The Kier molecular flexibility index (Phi) is 6.69. The second-order valence-corrected chi connectivity index (χ2v) is 6.01. The summed E-state index contributed by atoms with van der Waals surface area (Å²) in [5, 5.41) is 5.20. The third-order valence-electron chi connectivity index (χ3n) is 3.26. The Labute approximate surface area is 145 Å². The van der Waals surface area contributed by atoms with E-state index in [-0.39, 0.29) is 18.1 Å². The molecule has 0 amide bonds. The first-order chi connectivity index (χ1) is 11.6. The zero-order chi connectivity index (χ0) is 17.4. The smallest absolute Gasteiger partial charge is 0.358 e. The van der Waals surface area contributed by atoms with E-state index in [2.05, 4.69) is 23.8 Å². The molecule has 1 heterocycles. The van der Waals surface area contributed by atoms with Gasteiger partial charge in [0.05, 0.1) is 0 Å². The van der Waals surface area contributed by atoms with Crippen LogP contribution in [0, 0.1) is 0 Å². The van der Waals surface area contributed by atoms with E-state index in [4.69, 9.17) is 4.74 Å². The lowest BCUT2D eigenvalue weighted by Crippen LogP contribution is -2.14. The number of ether oxygens (including phenoxy) is 1. The van der Waals surface area contributed by atoms with Crippen molar-refractivity contribution < 1.29 is 14.3 Å². The molecule has 0 saturated carbocycles. The van der Waals surface area contributed by atoms with E-state index in [1.54, 1.807) is 23.6 Å². The van der Waals surface area contributed by atoms with Crippen LogP contribution in [0.15, 0.2) is 42.3 Å². The van der Waals surface area contributed by atoms with Crippen molar-refractivity contribution in [3.63, 3.8) is 0 Å². The predicted molar refractivity (Wildman–Crippen MR) is 95.9 cm³/mol. The van der Waals surface area contributed by atoms with Crippen LogP contribution < -0.4 is 5.32 Å². The van der Waals surface area contributed by atoms with Gasteiger partial charge in [0, 0.05) is 17.5 Å². The molecule has 0 spiro atoms. The number of aromatic nitrogens is 1. The lowest BCUT2D eigenvalue weighted by atomic mass is 10.1. The van der Waals surface area contributed by atoms with Gasteiger partial charge in [-0.25, -0.2) is 9.78 Å². The summed E-state index contributed by atoms with van der Waals surface area (Å²) in [5.41, 5.74) is 1.92. The molecule has 1 N–H and O–H groups in total. The molecule has 0 radical (unpaired) electrons. The van der Waals surface area contributed by atoms with Crippen LogP contribution in [0.5, 0.6) is 0 Å². The number of hydrogen-bond donors (Lipinski definition) is 1. The molecule has 6 heteroatoms. The van der Waals surface area contributed by atoms with Crippen molar-refractivity contribution in [1.82, 2.24) is 4.98 Å². The monoisotopic (exact) mass is 344 g/mol. The zero-order valence-corrected chi connectivity index (χ0v) is 14.4. The molecular weight excluding hydrogens is 324 g/mol. The highest BCUT2D eigenvalue weighted by atomic mass is 32.1. The van der Waals surface area contributed by atoms with Crippen molar-refractivity contribution in [3.8, 4) is 0 Å². The fourth-order valence-electron chi connectivity index (χ4n) is 2.04. The van der Waals surface area contributed by atoms with Crippen molar-refractivity contribution in [3.05, 3.63) is 59.1 Å². The highest BCUT2D eigenvalue weighted by molar-refractivity contribution is 7.13. The Morgan fingerprint density at radius 3 is 2.75 bits per heavy atom. The Hall–Kier alpha value is -2.47. The van der Waals surface area contributed by atoms with Crippen molar-refractivity contribution in [2.24, 2.45) is 0 Å². The Bertz CT molecular complexity index is 707. The molecule has 126 valence electrons. The molecular formula is C18H20N2O3S. The molecule has 0 aliphatic rings. The average molecular weight is 344 g/mol. The van der Waals surface area contributed by atoms with Gasteiger partial charge in [-0.1, -0.05) is 43.7 Å². The quantitative estimate of drug-likeness (QED) is 0.426. The van der Waals surface area contributed by atoms with Crippen LogP contribution in [0.4, 0.5) is 5.13 Å². The maximum absolute atomic E-state index is 12.1. The van der Waals surface area contributed by atoms with Crippen LogP contribution in [0.2, 0.25) is 0 Å². The molecule has 2 rings (SSSR count). The van der Waals surface area contributed by atoms with E-state index in [0.717, 1.165) is 12.8 Å². The summed E-state index contributed by atoms with van der Waals surface area (Å²) in [7, 11) is 0. The van der Waals surface area contributed by atoms with Crippen LogP contribution in [-0.2, 0) is 11.2 Å². The molecule has 0 saturated heterocycles. The van der Waals surface area contributed by atoms with Crippen LogP contribution in [0.3, 0.4) is 0 Å². The first kappa shape index (κ1) is 17.9. The topological polar surface area (TPSA) is 68.3 Å². The van der Waals surface area contributed by atoms with Crippen LogP contribution >= 0.6 is 11.3 Å². The SMILES string of the molecule is C=CCNc1nc(C(=O)OCC(=O)c2ccc(CCC)cc2)cs1. The van der Waals surface area contributed by atoms with E-state index in [0.29, 0.717) is 17.2 Å². The van der Waals surface area contributed by atoms with Gasteiger partial charge in [-0.2, -0.15) is 0 Å². The predicted octanol–water partition coefficient (Wildman–Crippen LogP) is 3.73. The van der Waals surface area contributed by atoms with E-state index in [1.165, 1.54) is 16.9 Å². The molecule has 1 aromatic heterocycles. The van der Waals surface area contributed by atoms with Crippen molar-refractivity contribution >= 4 is 28.2 Å². The number of Topliss-reactive ketones (excluding diaryl/α,β-unsaturated/α-hetero) is 1. The minimum atomic E-state index is -0.603. The molecule has 5 nitrogen and oxygen atoms in total. The molecule has 0 aliphatic carbocycles. The van der Waals surface area contributed by atoms with Gasteiger partial charge in [0.15, 0.2) is 23.2 Å². The van der Waals surface area contributed by atoms with Gasteiger partial charge in [-0.3, -0.25) is 4.79 Å². The number of rotatable bonds is 9. The number of nitrogens with one attached hydrogen (secondary N) is 1. The van der Waals surface area contributed by atoms with Crippen molar-refractivity contribution in [1.29, 1.82) is 0 Å². The summed E-state index contributed by atoms with van der Waals surface area (Å²) in [6, 6.07) is 7.38. The molecule has 0 aliphatic heterocycles. The number of carbonyl (C=O) groups excluding carboxylic acids is 2. The number of thiazole rings is 1. The van der Waals surface area contributed by atoms with Gasteiger partial charge < -0.3 is 10.1 Å². The number of esters is 1. The molecule has 0 bridgehead atoms. The van der Waals surface area contributed by atoms with Gasteiger partial charge in [-0.15, -0.1) is 17.9 Å². The number of hydrogen-bond acceptors (Lipinski definition) is 6. The van der Waals surface area contributed by atoms with E-state index in [1.807, 2.05) is 12.1 Å². The Morgan fingerprint density at radius 2 is 2.08 bits per heavy atom. The Morgan fingerprint density at radius 1 is 1.33 bits per heavy atom. The lowest BCUT2D eigenvalue weighted by molar-refractivity contribution is 0.0470. The number of nitrogens with zero attached hydrogens (tertiary/aromatic N) is 1. The van der Waals surface area contributed by atoms with Gasteiger partial charge >= 0.3 is 5.97 Å². The van der Waals surface area contributed by atoms with Gasteiger partial charge in [0.25, 0.3) is 0 Å². The van der Waals surface area contributed by atoms with Crippen molar-refractivity contribution in [2.45, 2.75) is 19.8 Å². The van der Waals surface area contributed by atoms with Crippen LogP contribution in [-0.4, -0.2) is 29.9 Å². The average Bonchev–Trinajstić information content (AvgIpc) is 3.07. The van der Waals surface area contributed by atoms with E-state index in [9.17, 15) is 9.59 Å². The van der Waals surface area contributed by atoms with Gasteiger partial charge in [0.2, 0.25) is 0 Å².